The normalized spacial score (nSPS) is 20.6. The molecule has 4 rings (SSSR count). The van der Waals surface area contributed by atoms with E-state index in [-0.39, 0.29) is 10.6 Å². The van der Waals surface area contributed by atoms with Crippen molar-refractivity contribution in [1.29, 1.82) is 0 Å². The predicted octanol–water partition coefficient (Wildman–Crippen LogP) is 6.13. The Morgan fingerprint density at radius 2 is 2.11 bits per heavy atom. The number of fused-ring (bicyclic) bond motifs is 5. The van der Waals surface area contributed by atoms with Crippen molar-refractivity contribution >= 4 is 22.3 Å². The molecule has 2 atom stereocenters. The third kappa shape index (κ3) is 3.62. The number of non-ortho nitro benzene ring substituents is 1. The predicted molar refractivity (Wildman–Crippen MR) is 114 cm³/mol. The number of anilines is 1. The first-order valence-corrected chi connectivity index (χ1v) is 10.6. The zero-order valence-corrected chi connectivity index (χ0v) is 16.8. The van der Waals surface area contributed by atoms with Crippen molar-refractivity contribution in [2.24, 2.45) is 5.92 Å². The number of hydrogen-bond acceptors (Lipinski definition) is 4. The molecule has 2 aliphatic rings. The van der Waals surface area contributed by atoms with Crippen molar-refractivity contribution in [1.82, 2.24) is 4.98 Å². The van der Waals surface area contributed by atoms with Crippen molar-refractivity contribution in [2.75, 3.05) is 11.9 Å². The maximum atomic E-state index is 11.3. The summed E-state index contributed by atoms with van der Waals surface area (Å²) in [6.07, 6.45) is 10.5. The van der Waals surface area contributed by atoms with Crippen LogP contribution in [0.25, 0.3) is 10.9 Å². The summed E-state index contributed by atoms with van der Waals surface area (Å²) in [5.74, 6) is 1.03. The number of aromatic nitrogens is 1. The van der Waals surface area contributed by atoms with Crippen LogP contribution in [-0.4, -0.2) is 16.5 Å². The summed E-state index contributed by atoms with van der Waals surface area (Å²) in [6, 6.07) is 5.07. The molecule has 5 nitrogen and oxygen atoms in total. The number of allylic oxidation sites excluding steroid dienone is 2. The van der Waals surface area contributed by atoms with Gasteiger partial charge in [0, 0.05) is 35.7 Å². The van der Waals surface area contributed by atoms with Crippen LogP contribution in [0.15, 0.2) is 29.8 Å². The van der Waals surface area contributed by atoms with Crippen molar-refractivity contribution in [3.8, 4) is 0 Å². The van der Waals surface area contributed by atoms with Gasteiger partial charge in [-0.2, -0.15) is 0 Å². The minimum absolute atomic E-state index is 0.134. The number of unbranched alkanes of at least 4 members (excludes halogenated alkanes) is 3. The van der Waals surface area contributed by atoms with Crippen LogP contribution in [0.1, 0.15) is 69.5 Å². The minimum atomic E-state index is -0.315. The number of nitrogens with zero attached hydrogens (tertiary/aromatic N) is 2. The Hall–Kier alpha value is -2.43. The van der Waals surface area contributed by atoms with Gasteiger partial charge >= 0.3 is 0 Å². The Kier molecular flexibility index (Phi) is 5.33. The molecule has 2 aromatic rings. The highest BCUT2D eigenvalue weighted by Crippen LogP contribution is 2.46. The second kappa shape index (κ2) is 7.90. The van der Waals surface area contributed by atoms with Crippen molar-refractivity contribution in [3.63, 3.8) is 0 Å². The lowest BCUT2D eigenvalue weighted by Crippen LogP contribution is -2.24. The van der Waals surface area contributed by atoms with E-state index in [0.717, 1.165) is 42.4 Å². The number of rotatable bonds is 7. The lowest BCUT2D eigenvalue weighted by atomic mass is 9.72. The Balaban J connectivity index is 1.78. The Bertz CT molecular complexity index is 935. The van der Waals surface area contributed by atoms with Crippen LogP contribution < -0.4 is 5.32 Å². The van der Waals surface area contributed by atoms with Crippen LogP contribution in [0.3, 0.4) is 0 Å². The summed E-state index contributed by atoms with van der Waals surface area (Å²) >= 11 is 0. The maximum Gasteiger partial charge on any atom is 0.270 e. The Labute approximate surface area is 166 Å². The third-order valence-corrected chi connectivity index (χ3v) is 6.17. The standard InChI is InChI=1S/C23H29N3O2/c1-3-4-5-6-9-24-23-19-14-18(26(27)28)7-8-21(19)25-22-17-11-15(2)10-16(12-17)13-20(22)23/h7-8,11,14,16-17H,3-6,9-10,12-13H2,1-2H3,(H,24,25). The van der Waals surface area contributed by atoms with E-state index in [1.807, 2.05) is 6.07 Å². The van der Waals surface area contributed by atoms with E-state index in [0.29, 0.717) is 11.8 Å². The average Bonchev–Trinajstić information content (AvgIpc) is 2.67. The molecule has 5 heteroatoms. The number of benzene rings is 1. The van der Waals surface area contributed by atoms with E-state index in [1.165, 1.54) is 42.5 Å². The van der Waals surface area contributed by atoms with Gasteiger partial charge < -0.3 is 5.32 Å². The lowest BCUT2D eigenvalue weighted by Gasteiger charge is -2.35. The minimum Gasteiger partial charge on any atom is -0.384 e. The van der Waals surface area contributed by atoms with Gasteiger partial charge in [-0.05, 0) is 50.2 Å². The molecule has 0 fully saturated rings. The maximum absolute atomic E-state index is 11.3. The van der Waals surface area contributed by atoms with Crippen molar-refractivity contribution in [3.05, 3.63) is 51.2 Å². The van der Waals surface area contributed by atoms with E-state index < -0.39 is 0 Å². The fourth-order valence-electron chi connectivity index (χ4n) is 4.92. The topological polar surface area (TPSA) is 68.1 Å². The third-order valence-electron chi connectivity index (χ3n) is 6.17. The zero-order valence-electron chi connectivity index (χ0n) is 16.8. The molecular weight excluding hydrogens is 350 g/mol. The van der Waals surface area contributed by atoms with Crippen LogP contribution in [0.4, 0.5) is 11.4 Å². The largest absolute Gasteiger partial charge is 0.384 e. The Morgan fingerprint density at radius 3 is 2.89 bits per heavy atom. The summed E-state index contributed by atoms with van der Waals surface area (Å²) in [6.45, 7) is 5.34. The molecule has 0 aliphatic heterocycles. The van der Waals surface area contributed by atoms with E-state index in [1.54, 1.807) is 12.1 Å². The number of nitro groups is 1. The molecular formula is C23H29N3O2. The van der Waals surface area contributed by atoms with Crippen molar-refractivity contribution < 1.29 is 4.92 Å². The number of nitro benzene ring substituents is 1. The molecule has 0 saturated heterocycles. The molecule has 1 aromatic heterocycles. The molecule has 0 saturated carbocycles. The first kappa shape index (κ1) is 18.9. The smallest absolute Gasteiger partial charge is 0.270 e. The molecule has 1 N–H and O–H groups in total. The highest BCUT2D eigenvalue weighted by Gasteiger charge is 2.33. The van der Waals surface area contributed by atoms with E-state index in [9.17, 15) is 10.1 Å². The summed E-state index contributed by atoms with van der Waals surface area (Å²) < 4.78 is 0. The van der Waals surface area contributed by atoms with Gasteiger partial charge in [-0.1, -0.05) is 37.8 Å². The molecule has 2 unspecified atom stereocenters. The first-order valence-electron chi connectivity index (χ1n) is 10.6. The molecule has 1 heterocycles. The first-order chi connectivity index (χ1) is 13.6. The molecule has 0 spiro atoms. The molecule has 148 valence electrons. The summed E-state index contributed by atoms with van der Waals surface area (Å²) in [7, 11) is 0. The summed E-state index contributed by atoms with van der Waals surface area (Å²) in [5, 5.41) is 15.9. The highest BCUT2D eigenvalue weighted by molar-refractivity contribution is 5.95. The molecule has 2 aliphatic carbocycles. The van der Waals surface area contributed by atoms with Gasteiger partial charge in [0.2, 0.25) is 0 Å². The highest BCUT2D eigenvalue weighted by atomic mass is 16.6. The van der Waals surface area contributed by atoms with Crippen molar-refractivity contribution in [2.45, 2.75) is 64.7 Å². The molecule has 28 heavy (non-hydrogen) atoms. The second-order valence-electron chi connectivity index (χ2n) is 8.43. The van der Waals surface area contributed by atoms with Crippen LogP contribution >= 0.6 is 0 Å². The van der Waals surface area contributed by atoms with Crippen LogP contribution in [0.2, 0.25) is 0 Å². The van der Waals surface area contributed by atoms with Crippen LogP contribution in [0.5, 0.6) is 0 Å². The zero-order chi connectivity index (χ0) is 19.7. The molecule has 0 amide bonds. The Morgan fingerprint density at radius 1 is 1.25 bits per heavy atom. The summed E-state index contributed by atoms with van der Waals surface area (Å²) in [4.78, 5) is 16.0. The fraction of sp³-hybridized carbons (Fsp3) is 0.522. The number of pyridine rings is 1. The number of nitrogens with one attached hydrogen (secondary N) is 1. The quantitative estimate of drug-likeness (QED) is 0.272. The van der Waals surface area contributed by atoms with Gasteiger partial charge in [0.05, 0.1) is 16.1 Å². The molecule has 1 aromatic carbocycles. The number of hydrogen-bond donors (Lipinski definition) is 1. The van der Waals surface area contributed by atoms with E-state index >= 15 is 0 Å². The second-order valence-corrected chi connectivity index (χ2v) is 8.43. The van der Waals surface area contributed by atoms with Gasteiger partial charge in [-0.25, -0.2) is 0 Å². The molecule has 0 radical (unpaired) electrons. The van der Waals surface area contributed by atoms with Crippen LogP contribution in [0, 0.1) is 16.0 Å². The van der Waals surface area contributed by atoms with Gasteiger partial charge in [0.15, 0.2) is 0 Å². The van der Waals surface area contributed by atoms with E-state index in [2.05, 4.69) is 25.2 Å². The monoisotopic (exact) mass is 379 g/mol. The summed E-state index contributed by atoms with van der Waals surface area (Å²) in [5.41, 5.74) is 6.00. The molecule has 2 bridgehead atoms. The van der Waals surface area contributed by atoms with Gasteiger partial charge in [0.25, 0.3) is 5.69 Å². The van der Waals surface area contributed by atoms with Gasteiger partial charge in [-0.3, -0.25) is 15.1 Å². The lowest BCUT2D eigenvalue weighted by molar-refractivity contribution is -0.384. The fourth-order valence-corrected chi connectivity index (χ4v) is 4.92. The van der Waals surface area contributed by atoms with E-state index in [4.69, 9.17) is 4.98 Å². The van der Waals surface area contributed by atoms with Gasteiger partial charge in [-0.15, -0.1) is 0 Å². The average molecular weight is 380 g/mol. The SMILES string of the molecule is CCCCCCNc1c2c(nc3ccc([N+](=O)[O-])cc13)C1C=C(C)CC(C2)C1. The van der Waals surface area contributed by atoms with Gasteiger partial charge in [0.1, 0.15) is 0 Å². The van der Waals surface area contributed by atoms with Crippen LogP contribution in [-0.2, 0) is 6.42 Å².